The van der Waals surface area contributed by atoms with E-state index in [0.717, 1.165) is 38.1 Å². The molecular formula is C15H28N4O2. The third kappa shape index (κ3) is 6.27. The number of ether oxygens (including phenoxy) is 1. The van der Waals surface area contributed by atoms with Crippen LogP contribution in [0.25, 0.3) is 0 Å². The summed E-state index contributed by atoms with van der Waals surface area (Å²) in [6.45, 7) is 8.73. The Morgan fingerprint density at radius 1 is 1.43 bits per heavy atom. The van der Waals surface area contributed by atoms with E-state index in [1.165, 1.54) is 0 Å². The first-order valence-corrected chi connectivity index (χ1v) is 7.68. The third-order valence-corrected chi connectivity index (χ3v) is 3.23. The van der Waals surface area contributed by atoms with E-state index >= 15 is 0 Å². The second kappa shape index (κ2) is 9.52. The van der Waals surface area contributed by atoms with Crippen molar-refractivity contribution in [2.45, 2.75) is 52.7 Å². The largest absolute Gasteiger partial charge is 0.379 e. The lowest BCUT2D eigenvalue weighted by atomic mass is 10.2. The van der Waals surface area contributed by atoms with Crippen molar-refractivity contribution < 1.29 is 9.53 Å². The molecular weight excluding hydrogens is 268 g/mol. The van der Waals surface area contributed by atoms with Gasteiger partial charge in [0.05, 0.1) is 17.9 Å². The summed E-state index contributed by atoms with van der Waals surface area (Å²) < 4.78 is 7.29. The van der Waals surface area contributed by atoms with Gasteiger partial charge in [-0.15, -0.1) is 0 Å². The van der Waals surface area contributed by atoms with Crippen LogP contribution in [0, 0.1) is 6.92 Å². The lowest BCUT2D eigenvalue weighted by Gasteiger charge is -2.08. The first kappa shape index (κ1) is 17.7. The third-order valence-electron chi connectivity index (χ3n) is 3.23. The molecule has 0 bridgehead atoms. The van der Waals surface area contributed by atoms with E-state index in [-0.39, 0.29) is 12.0 Å². The van der Waals surface area contributed by atoms with E-state index in [1.807, 2.05) is 25.5 Å². The SMILES string of the molecule is Cc1c(C(=O)NCCCCOC(C)C)cnn1CCCN. The number of aryl methyl sites for hydroxylation is 1. The van der Waals surface area contributed by atoms with Crippen LogP contribution in [0.2, 0.25) is 0 Å². The number of carbonyl (C=O) groups is 1. The molecule has 0 aliphatic rings. The van der Waals surface area contributed by atoms with Gasteiger partial charge in [-0.2, -0.15) is 5.10 Å². The fraction of sp³-hybridized carbons (Fsp3) is 0.733. The molecule has 0 spiro atoms. The number of nitrogens with zero attached hydrogens (tertiary/aromatic N) is 2. The maximum absolute atomic E-state index is 12.1. The van der Waals surface area contributed by atoms with Crippen molar-refractivity contribution in [3.8, 4) is 0 Å². The quantitative estimate of drug-likeness (QED) is 0.641. The molecule has 0 atom stereocenters. The summed E-state index contributed by atoms with van der Waals surface area (Å²) in [5.41, 5.74) is 7.02. The molecule has 1 rings (SSSR count). The number of unbranched alkanes of at least 4 members (excludes halogenated alkanes) is 1. The van der Waals surface area contributed by atoms with Crippen molar-refractivity contribution in [2.75, 3.05) is 19.7 Å². The smallest absolute Gasteiger partial charge is 0.254 e. The van der Waals surface area contributed by atoms with Crippen LogP contribution in [0.4, 0.5) is 0 Å². The molecule has 0 unspecified atom stereocenters. The molecule has 0 fully saturated rings. The van der Waals surface area contributed by atoms with Gasteiger partial charge in [0, 0.05) is 25.4 Å². The number of nitrogens with one attached hydrogen (secondary N) is 1. The number of aromatic nitrogens is 2. The monoisotopic (exact) mass is 296 g/mol. The molecule has 1 heterocycles. The molecule has 6 nitrogen and oxygen atoms in total. The summed E-state index contributed by atoms with van der Waals surface area (Å²) in [6.07, 6.45) is 4.62. The number of hydrogen-bond acceptors (Lipinski definition) is 4. The second-order valence-electron chi connectivity index (χ2n) is 5.39. The highest BCUT2D eigenvalue weighted by Gasteiger charge is 2.13. The maximum atomic E-state index is 12.1. The van der Waals surface area contributed by atoms with Crippen LogP contribution in [-0.4, -0.2) is 41.5 Å². The predicted molar refractivity (Wildman–Crippen MR) is 83.3 cm³/mol. The molecule has 0 saturated heterocycles. The van der Waals surface area contributed by atoms with Gasteiger partial charge in [0.15, 0.2) is 0 Å². The van der Waals surface area contributed by atoms with Crippen molar-refractivity contribution in [2.24, 2.45) is 5.73 Å². The Morgan fingerprint density at radius 3 is 2.86 bits per heavy atom. The molecule has 120 valence electrons. The first-order chi connectivity index (χ1) is 10.1. The van der Waals surface area contributed by atoms with E-state index in [2.05, 4.69) is 10.4 Å². The van der Waals surface area contributed by atoms with Gasteiger partial charge in [-0.3, -0.25) is 9.48 Å². The lowest BCUT2D eigenvalue weighted by Crippen LogP contribution is -2.25. The average molecular weight is 296 g/mol. The van der Waals surface area contributed by atoms with E-state index < -0.39 is 0 Å². The van der Waals surface area contributed by atoms with Crippen LogP contribution in [0.5, 0.6) is 0 Å². The van der Waals surface area contributed by atoms with Gasteiger partial charge in [0.2, 0.25) is 0 Å². The van der Waals surface area contributed by atoms with E-state index in [1.54, 1.807) is 6.20 Å². The molecule has 21 heavy (non-hydrogen) atoms. The van der Waals surface area contributed by atoms with E-state index in [9.17, 15) is 4.79 Å². The summed E-state index contributed by atoms with van der Waals surface area (Å²) in [6, 6.07) is 0. The Morgan fingerprint density at radius 2 is 2.19 bits per heavy atom. The van der Waals surface area contributed by atoms with Crippen molar-refractivity contribution in [1.82, 2.24) is 15.1 Å². The Bertz CT molecular complexity index is 429. The fourth-order valence-corrected chi connectivity index (χ4v) is 1.98. The summed E-state index contributed by atoms with van der Waals surface area (Å²) in [5.74, 6) is -0.0590. The van der Waals surface area contributed by atoms with Gasteiger partial charge < -0.3 is 15.8 Å². The fourth-order valence-electron chi connectivity index (χ4n) is 1.98. The number of nitrogens with two attached hydrogens (primary N) is 1. The van der Waals surface area contributed by atoms with Crippen molar-refractivity contribution in [3.63, 3.8) is 0 Å². The molecule has 0 aliphatic heterocycles. The Labute approximate surface area is 127 Å². The van der Waals surface area contributed by atoms with Crippen LogP contribution in [0.15, 0.2) is 6.20 Å². The van der Waals surface area contributed by atoms with Crippen LogP contribution >= 0.6 is 0 Å². The van der Waals surface area contributed by atoms with Crippen molar-refractivity contribution >= 4 is 5.91 Å². The Balaban J connectivity index is 2.30. The summed E-state index contributed by atoms with van der Waals surface area (Å²) in [4.78, 5) is 12.1. The highest BCUT2D eigenvalue weighted by molar-refractivity contribution is 5.94. The molecule has 6 heteroatoms. The zero-order valence-electron chi connectivity index (χ0n) is 13.4. The minimum Gasteiger partial charge on any atom is -0.379 e. The minimum atomic E-state index is -0.0590. The van der Waals surface area contributed by atoms with Gasteiger partial charge in [-0.05, 0) is 46.6 Å². The first-order valence-electron chi connectivity index (χ1n) is 7.68. The minimum absolute atomic E-state index is 0.0590. The van der Waals surface area contributed by atoms with Crippen LogP contribution in [0.3, 0.4) is 0 Å². The second-order valence-corrected chi connectivity index (χ2v) is 5.39. The van der Waals surface area contributed by atoms with E-state index in [4.69, 9.17) is 10.5 Å². The van der Waals surface area contributed by atoms with Crippen molar-refractivity contribution in [3.05, 3.63) is 17.5 Å². The zero-order valence-corrected chi connectivity index (χ0v) is 13.4. The van der Waals surface area contributed by atoms with Gasteiger partial charge in [0.25, 0.3) is 5.91 Å². The predicted octanol–water partition coefficient (Wildman–Crippen LogP) is 1.48. The zero-order chi connectivity index (χ0) is 15.7. The van der Waals surface area contributed by atoms with Crippen LogP contribution in [-0.2, 0) is 11.3 Å². The topological polar surface area (TPSA) is 82.2 Å². The standard InChI is InChI=1S/C15H28N4O2/c1-12(2)21-10-5-4-8-17-15(20)14-11-18-19(13(14)3)9-6-7-16/h11-12H,4-10,16H2,1-3H3,(H,17,20). The van der Waals surface area contributed by atoms with Gasteiger partial charge in [-0.1, -0.05) is 0 Å². The van der Waals surface area contributed by atoms with Crippen LogP contribution in [0.1, 0.15) is 49.2 Å². The van der Waals surface area contributed by atoms with E-state index in [0.29, 0.717) is 18.7 Å². The summed E-state index contributed by atoms with van der Waals surface area (Å²) in [7, 11) is 0. The van der Waals surface area contributed by atoms with Crippen LogP contribution < -0.4 is 11.1 Å². The summed E-state index contributed by atoms with van der Waals surface area (Å²) in [5, 5.41) is 7.16. The highest BCUT2D eigenvalue weighted by atomic mass is 16.5. The average Bonchev–Trinajstić information content (AvgIpc) is 2.81. The van der Waals surface area contributed by atoms with Gasteiger partial charge in [0.1, 0.15) is 0 Å². The number of hydrogen-bond donors (Lipinski definition) is 2. The normalized spacial score (nSPS) is 11.1. The Kier molecular flexibility index (Phi) is 8.00. The molecule has 1 aromatic rings. The van der Waals surface area contributed by atoms with Gasteiger partial charge in [-0.25, -0.2) is 0 Å². The maximum Gasteiger partial charge on any atom is 0.254 e. The number of amides is 1. The lowest BCUT2D eigenvalue weighted by molar-refractivity contribution is 0.0754. The molecule has 0 saturated carbocycles. The molecule has 0 aliphatic carbocycles. The highest BCUT2D eigenvalue weighted by Crippen LogP contribution is 2.07. The number of rotatable bonds is 10. The molecule has 1 aromatic heterocycles. The Hall–Kier alpha value is -1.40. The van der Waals surface area contributed by atoms with Crippen molar-refractivity contribution in [1.29, 1.82) is 0 Å². The molecule has 3 N–H and O–H groups in total. The van der Waals surface area contributed by atoms with Gasteiger partial charge >= 0.3 is 0 Å². The molecule has 0 aromatic carbocycles. The summed E-state index contributed by atoms with van der Waals surface area (Å²) >= 11 is 0. The number of carbonyl (C=O) groups excluding carboxylic acids is 1. The molecule has 1 amide bonds. The molecule has 0 radical (unpaired) electrons.